The van der Waals surface area contributed by atoms with Crippen molar-refractivity contribution in [2.24, 2.45) is 17.8 Å². The van der Waals surface area contributed by atoms with Gasteiger partial charge < -0.3 is 10.0 Å². The van der Waals surface area contributed by atoms with E-state index in [9.17, 15) is 9.59 Å². The van der Waals surface area contributed by atoms with Gasteiger partial charge in [-0.25, -0.2) is 0 Å². The van der Waals surface area contributed by atoms with Gasteiger partial charge in [-0.1, -0.05) is 0 Å². The third-order valence-electron chi connectivity index (χ3n) is 4.29. The summed E-state index contributed by atoms with van der Waals surface area (Å²) >= 11 is 0. The van der Waals surface area contributed by atoms with Gasteiger partial charge in [0.1, 0.15) is 0 Å². The van der Waals surface area contributed by atoms with Gasteiger partial charge in [0.2, 0.25) is 5.91 Å². The molecule has 2 saturated carbocycles. The first-order valence-electron chi connectivity index (χ1n) is 7.13. The predicted octanol–water partition coefficient (Wildman–Crippen LogP) is 2.14. The van der Waals surface area contributed by atoms with Crippen LogP contribution >= 0.6 is 0 Å². The van der Waals surface area contributed by atoms with E-state index in [1.807, 2.05) is 11.8 Å². The van der Waals surface area contributed by atoms with Gasteiger partial charge >= 0.3 is 5.97 Å². The summed E-state index contributed by atoms with van der Waals surface area (Å²) in [6, 6.07) is 0. The third kappa shape index (κ3) is 3.24. The molecular formula is C14H23NO3. The summed E-state index contributed by atoms with van der Waals surface area (Å²) in [5, 5.41) is 8.95. The van der Waals surface area contributed by atoms with Crippen LogP contribution in [-0.4, -0.2) is 35.0 Å². The zero-order valence-corrected chi connectivity index (χ0v) is 11.1. The highest BCUT2D eigenvalue weighted by molar-refractivity contribution is 5.79. The molecule has 2 aliphatic rings. The summed E-state index contributed by atoms with van der Waals surface area (Å²) in [5.41, 5.74) is 0. The lowest BCUT2D eigenvalue weighted by molar-refractivity contribution is -0.145. The maximum atomic E-state index is 12.3. The fourth-order valence-corrected chi connectivity index (χ4v) is 2.83. The van der Waals surface area contributed by atoms with Crippen LogP contribution in [0, 0.1) is 17.8 Å². The maximum absolute atomic E-state index is 12.3. The lowest BCUT2D eigenvalue weighted by Crippen LogP contribution is -2.39. The Hall–Kier alpha value is -1.06. The molecule has 0 spiro atoms. The smallest absolute Gasteiger partial charge is 0.306 e. The zero-order chi connectivity index (χ0) is 13.1. The van der Waals surface area contributed by atoms with E-state index >= 15 is 0 Å². The summed E-state index contributed by atoms with van der Waals surface area (Å²) in [4.78, 5) is 25.2. The van der Waals surface area contributed by atoms with Gasteiger partial charge in [-0.05, 0) is 51.4 Å². The highest BCUT2D eigenvalue weighted by Crippen LogP contribution is 2.33. The molecule has 0 atom stereocenters. The average molecular weight is 253 g/mol. The molecule has 2 rings (SSSR count). The minimum Gasteiger partial charge on any atom is -0.481 e. The number of carbonyl (C=O) groups excluding carboxylic acids is 1. The van der Waals surface area contributed by atoms with E-state index in [4.69, 9.17) is 5.11 Å². The second-order valence-electron chi connectivity index (χ2n) is 5.71. The molecule has 0 radical (unpaired) electrons. The molecule has 2 aliphatic carbocycles. The number of amides is 1. The van der Waals surface area contributed by atoms with Crippen LogP contribution in [0.3, 0.4) is 0 Å². The summed E-state index contributed by atoms with van der Waals surface area (Å²) < 4.78 is 0. The molecule has 4 nitrogen and oxygen atoms in total. The topological polar surface area (TPSA) is 57.6 Å². The fraction of sp³-hybridized carbons (Fsp3) is 0.857. The van der Waals surface area contributed by atoms with E-state index in [1.54, 1.807) is 0 Å². The van der Waals surface area contributed by atoms with Crippen LogP contribution in [0.25, 0.3) is 0 Å². The number of carboxylic acid groups (broad SMARTS) is 1. The van der Waals surface area contributed by atoms with Gasteiger partial charge in [-0.2, -0.15) is 0 Å². The lowest BCUT2D eigenvalue weighted by atomic mass is 9.81. The van der Waals surface area contributed by atoms with Crippen LogP contribution in [0.1, 0.15) is 45.4 Å². The zero-order valence-electron chi connectivity index (χ0n) is 11.1. The largest absolute Gasteiger partial charge is 0.481 e. The molecule has 1 N–H and O–H groups in total. The van der Waals surface area contributed by atoms with Gasteiger partial charge in [-0.3, -0.25) is 9.59 Å². The highest BCUT2D eigenvalue weighted by atomic mass is 16.4. The van der Waals surface area contributed by atoms with Crippen LogP contribution in [-0.2, 0) is 9.59 Å². The SMILES string of the molecule is CCN(CC1CC1)C(=O)C1CCC(C(=O)O)CC1. The van der Waals surface area contributed by atoms with Crippen LogP contribution in [0.4, 0.5) is 0 Å². The van der Waals surface area contributed by atoms with Crippen molar-refractivity contribution in [1.82, 2.24) is 4.90 Å². The molecule has 102 valence electrons. The highest BCUT2D eigenvalue weighted by Gasteiger charge is 2.33. The number of nitrogens with zero attached hydrogens (tertiary/aromatic N) is 1. The molecule has 0 aliphatic heterocycles. The first-order valence-corrected chi connectivity index (χ1v) is 7.13. The summed E-state index contributed by atoms with van der Waals surface area (Å²) in [6.45, 7) is 3.73. The van der Waals surface area contributed by atoms with Crippen LogP contribution in [0.15, 0.2) is 0 Å². The summed E-state index contributed by atoms with van der Waals surface area (Å²) in [6.07, 6.45) is 5.33. The van der Waals surface area contributed by atoms with Gasteiger partial charge in [0.05, 0.1) is 5.92 Å². The van der Waals surface area contributed by atoms with Crippen molar-refractivity contribution in [2.45, 2.75) is 45.4 Å². The molecule has 1 amide bonds. The van der Waals surface area contributed by atoms with Gasteiger partial charge in [0.25, 0.3) is 0 Å². The second kappa shape index (κ2) is 5.72. The maximum Gasteiger partial charge on any atom is 0.306 e. The van der Waals surface area contributed by atoms with Crippen LogP contribution < -0.4 is 0 Å². The number of rotatable bonds is 5. The quantitative estimate of drug-likeness (QED) is 0.816. The Labute approximate surface area is 108 Å². The number of carboxylic acids is 1. The number of hydrogen-bond donors (Lipinski definition) is 1. The molecule has 0 saturated heterocycles. The minimum atomic E-state index is -0.703. The second-order valence-corrected chi connectivity index (χ2v) is 5.71. The van der Waals surface area contributed by atoms with Crippen molar-refractivity contribution >= 4 is 11.9 Å². The Morgan fingerprint density at radius 3 is 2.06 bits per heavy atom. The number of carbonyl (C=O) groups is 2. The number of aliphatic carboxylic acids is 1. The Morgan fingerprint density at radius 1 is 1.06 bits per heavy atom. The third-order valence-corrected chi connectivity index (χ3v) is 4.29. The van der Waals surface area contributed by atoms with Crippen LogP contribution in [0.2, 0.25) is 0 Å². The summed E-state index contributed by atoms with van der Waals surface area (Å²) in [7, 11) is 0. The molecule has 0 unspecified atom stereocenters. The Morgan fingerprint density at radius 2 is 1.61 bits per heavy atom. The molecule has 0 aromatic rings. The molecule has 18 heavy (non-hydrogen) atoms. The van der Waals surface area contributed by atoms with Crippen molar-refractivity contribution in [3.05, 3.63) is 0 Å². The molecule has 2 fully saturated rings. The minimum absolute atomic E-state index is 0.0688. The Kier molecular flexibility index (Phi) is 4.25. The average Bonchev–Trinajstić information content (AvgIpc) is 3.19. The van der Waals surface area contributed by atoms with Crippen molar-refractivity contribution in [3.63, 3.8) is 0 Å². The number of hydrogen-bond acceptors (Lipinski definition) is 2. The van der Waals surface area contributed by atoms with E-state index in [2.05, 4.69) is 0 Å². The van der Waals surface area contributed by atoms with Gasteiger partial charge in [0, 0.05) is 19.0 Å². The molecule has 0 bridgehead atoms. The Bertz CT molecular complexity index is 317. The molecule has 0 aromatic heterocycles. The van der Waals surface area contributed by atoms with Gasteiger partial charge in [0.15, 0.2) is 0 Å². The van der Waals surface area contributed by atoms with Crippen molar-refractivity contribution in [3.8, 4) is 0 Å². The fourth-order valence-electron chi connectivity index (χ4n) is 2.83. The van der Waals surface area contributed by atoms with E-state index in [-0.39, 0.29) is 17.7 Å². The molecule has 0 heterocycles. The molecule has 4 heteroatoms. The monoisotopic (exact) mass is 253 g/mol. The normalized spacial score (nSPS) is 27.8. The van der Waals surface area contributed by atoms with Crippen molar-refractivity contribution in [1.29, 1.82) is 0 Å². The first-order chi connectivity index (χ1) is 8.61. The van der Waals surface area contributed by atoms with E-state index < -0.39 is 5.97 Å². The first kappa shape index (κ1) is 13.4. The van der Waals surface area contributed by atoms with E-state index in [0.717, 1.165) is 31.8 Å². The van der Waals surface area contributed by atoms with E-state index in [1.165, 1.54) is 12.8 Å². The van der Waals surface area contributed by atoms with E-state index in [0.29, 0.717) is 12.8 Å². The summed E-state index contributed by atoms with van der Waals surface area (Å²) in [5.74, 6) is 0.121. The predicted molar refractivity (Wildman–Crippen MR) is 68.1 cm³/mol. The van der Waals surface area contributed by atoms with Crippen molar-refractivity contribution < 1.29 is 14.7 Å². The Balaban J connectivity index is 1.83. The van der Waals surface area contributed by atoms with Crippen molar-refractivity contribution in [2.75, 3.05) is 13.1 Å². The molecular weight excluding hydrogens is 230 g/mol. The van der Waals surface area contributed by atoms with Crippen LogP contribution in [0.5, 0.6) is 0 Å². The molecule has 0 aromatic carbocycles. The van der Waals surface area contributed by atoms with Gasteiger partial charge in [-0.15, -0.1) is 0 Å². The lowest BCUT2D eigenvalue weighted by Gasteiger charge is -2.30. The standard InChI is InChI=1S/C14H23NO3/c1-2-15(9-10-3-4-10)13(16)11-5-7-12(8-6-11)14(17)18/h10-12H,2-9H2,1H3,(H,17,18).